The molecule has 1 spiro atoms. The van der Waals surface area contributed by atoms with Crippen LogP contribution in [0.15, 0.2) is 18.2 Å². The largest absolute Gasteiger partial charge is 0.508 e. The standard InChI is InChI=1S/C16H21NO4/c1-11-13(3-2-4-14(11)18)15(19)17-12-5-7-16(8-6-12)20-9-10-21-16/h2-4,12,18H,5-10H2,1H3,(H,17,19). The Labute approximate surface area is 124 Å². The van der Waals surface area contributed by atoms with Crippen LogP contribution in [0.1, 0.15) is 41.6 Å². The Morgan fingerprint density at radius 2 is 1.95 bits per heavy atom. The zero-order valence-electron chi connectivity index (χ0n) is 12.2. The van der Waals surface area contributed by atoms with E-state index in [9.17, 15) is 9.90 Å². The first-order valence-electron chi connectivity index (χ1n) is 7.47. The lowest BCUT2D eigenvalue weighted by molar-refractivity contribution is -0.179. The molecule has 0 atom stereocenters. The summed E-state index contributed by atoms with van der Waals surface area (Å²) in [7, 11) is 0. The second kappa shape index (κ2) is 5.66. The van der Waals surface area contributed by atoms with Crippen LogP contribution in [-0.4, -0.2) is 36.1 Å². The predicted molar refractivity (Wildman–Crippen MR) is 77.2 cm³/mol. The monoisotopic (exact) mass is 291 g/mol. The van der Waals surface area contributed by atoms with Gasteiger partial charge in [0.05, 0.1) is 13.2 Å². The van der Waals surface area contributed by atoms with Gasteiger partial charge in [-0.05, 0) is 31.9 Å². The fourth-order valence-corrected chi connectivity index (χ4v) is 3.12. The third-order valence-corrected chi connectivity index (χ3v) is 4.45. The van der Waals surface area contributed by atoms with Crippen LogP contribution < -0.4 is 5.32 Å². The maximum Gasteiger partial charge on any atom is 0.251 e. The second-order valence-electron chi connectivity index (χ2n) is 5.81. The highest BCUT2D eigenvalue weighted by Gasteiger charge is 2.40. The molecule has 5 nitrogen and oxygen atoms in total. The lowest BCUT2D eigenvalue weighted by atomic mass is 9.89. The lowest BCUT2D eigenvalue weighted by Gasteiger charge is -2.35. The highest BCUT2D eigenvalue weighted by molar-refractivity contribution is 5.96. The minimum Gasteiger partial charge on any atom is -0.508 e. The van der Waals surface area contributed by atoms with E-state index in [1.54, 1.807) is 25.1 Å². The number of hydrogen-bond donors (Lipinski definition) is 2. The van der Waals surface area contributed by atoms with Crippen LogP contribution >= 0.6 is 0 Å². The molecule has 1 amide bonds. The maximum atomic E-state index is 12.3. The number of carbonyl (C=O) groups excluding carboxylic acids is 1. The number of carbonyl (C=O) groups is 1. The van der Waals surface area contributed by atoms with E-state index >= 15 is 0 Å². The van der Waals surface area contributed by atoms with Gasteiger partial charge in [-0.2, -0.15) is 0 Å². The summed E-state index contributed by atoms with van der Waals surface area (Å²) in [4.78, 5) is 12.3. The third kappa shape index (κ3) is 2.89. The predicted octanol–water partition coefficient (Wildman–Crippen LogP) is 2.12. The first-order valence-corrected chi connectivity index (χ1v) is 7.47. The maximum absolute atomic E-state index is 12.3. The topological polar surface area (TPSA) is 67.8 Å². The Morgan fingerprint density at radius 3 is 2.62 bits per heavy atom. The molecule has 114 valence electrons. The Bertz CT molecular complexity index is 527. The fraction of sp³-hybridized carbons (Fsp3) is 0.562. The molecule has 0 bridgehead atoms. The van der Waals surface area contributed by atoms with E-state index in [0.717, 1.165) is 25.7 Å². The molecule has 3 rings (SSSR count). The van der Waals surface area contributed by atoms with Gasteiger partial charge in [0.25, 0.3) is 5.91 Å². The molecule has 0 aromatic heterocycles. The Kier molecular flexibility index (Phi) is 3.87. The summed E-state index contributed by atoms with van der Waals surface area (Å²) in [5.41, 5.74) is 1.15. The number of hydrogen-bond acceptors (Lipinski definition) is 4. The second-order valence-corrected chi connectivity index (χ2v) is 5.81. The van der Waals surface area contributed by atoms with E-state index in [2.05, 4.69) is 5.32 Å². The summed E-state index contributed by atoms with van der Waals surface area (Å²) in [6.07, 6.45) is 3.33. The van der Waals surface area contributed by atoms with Crippen LogP contribution in [0.2, 0.25) is 0 Å². The van der Waals surface area contributed by atoms with Gasteiger partial charge < -0.3 is 19.9 Å². The number of amides is 1. The molecule has 0 radical (unpaired) electrons. The number of aromatic hydroxyl groups is 1. The molecule has 1 aromatic carbocycles. The molecule has 1 aliphatic heterocycles. The zero-order valence-corrected chi connectivity index (χ0v) is 12.2. The van der Waals surface area contributed by atoms with Crippen molar-refractivity contribution >= 4 is 5.91 Å². The number of benzene rings is 1. The van der Waals surface area contributed by atoms with Crippen LogP contribution in [-0.2, 0) is 9.47 Å². The average molecular weight is 291 g/mol. The number of phenolic OH excluding ortho intramolecular Hbond substituents is 1. The van der Waals surface area contributed by atoms with Crippen molar-refractivity contribution < 1.29 is 19.4 Å². The highest BCUT2D eigenvalue weighted by atomic mass is 16.7. The molecule has 1 aromatic rings. The van der Waals surface area contributed by atoms with Gasteiger partial charge in [0, 0.05) is 30.0 Å². The average Bonchev–Trinajstić information content (AvgIpc) is 2.93. The molecule has 0 unspecified atom stereocenters. The van der Waals surface area contributed by atoms with Gasteiger partial charge in [0.1, 0.15) is 5.75 Å². The van der Waals surface area contributed by atoms with Crippen LogP contribution in [0.3, 0.4) is 0 Å². The van der Waals surface area contributed by atoms with Crippen LogP contribution in [0.4, 0.5) is 0 Å². The SMILES string of the molecule is Cc1c(O)cccc1C(=O)NC1CCC2(CC1)OCCO2. The summed E-state index contributed by atoms with van der Waals surface area (Å²) in [6, 6.07) is 5.15. The first kappa shape index (κ1) is 14.4. The number of rotatable bonds is 2. The smallest absolute Gasteiger partial charge is 0.251 e. The molecule has 1 saturated heterocycles. The minimum atomic E-state index is -0.401. The molecule has 21 heavy (non-hydrogen) atoms. The molecule has 1 saturated carbocycles. The van der Waals surface area contributed by atoms with Gasteiger partial charge in [-0.25, -0.2) is 0 Å². The summed E-state index contributed by atoms with van der Waals surface area (Å²) in [6.45, 7) is 3.08. The Balaban J connectivity index is 1.60. The van der Waals surface area contributed by atoms with Crippen LogP contribution in [0.25, 0.3) is 0 Å². The lowest BCUT2D eigenvalue weighted by Crippen LogP contribution is -2.44. The summed E-state index contributed by atoms with van der Waals surface area (Å²) in [5.74, 6) is -0.377. The number of ether oxygens (including phenoxy) is 2. The van der Waals surface area contributed by atoms with Crippen molar-refractivity contribution in [3.8, 4) is 5.75 Å². The van der Waals surface area contributed by atoms with Crippen molar-refractivity contribution in [2.45, 2.75) is 44.4 Å². The number of nitrogens with one attached hydrogen (secondary N) is 1. The van der Waals surface area contributed by atoms with Gasteiger partial charge >= 0.3 is 0 Å². The van der Waals surface area contributed by atoms with Crippen molar-refractivity contribution in [3.05, 3.63) is 29.3 Å². The van der Waals surface area contributed by atoms with Gasteiger partial charge in [0.15, 0.2) is 5.79 Å². The summed E-state index contributed by atoms with van der Waals surface area (Å²) in [5, 5.41) is 12.7. The van der Waals surface area contributed by atoms with Crippen molar-refractivity contribution in [3.63, 3.8) is 0 Å². The summed E-state index contributed by atoms with van der Waals surface area (Å²) >= 11 is 0. The fourth-order valence-electron chi connectivity index (χ4n) is 3.12. The van der Waals surface area contributed by atoms with E-state index in [1.807, 2.05) is 0 Å². The van der Waals surface area contributed by atoms with E-state index < -0.39 is 5.79 Å². The Hall–Kier alpha value is -1.59. The number of phenols is 1. The molecule has 1 heterocycles. The van der Waals surface area contributed by atoms with Gasteiger partial charge in [0.2, 0.25) is 0 Å². The molecule has 5 heteroatoms. The summed E-state index contributed by atoms with van der Waals surface area (Å²) < 4.78 is 11.4. The molecule has 2 fully saturated rings. The molecular formula is C16H21NO4. The van der Waals surface area contributed by atoms with Crippen molar-refractivity contribution in [1.29, 1.82) is 0 Å². The molecular weight excluding hydrogens is 270 g/mol. The zero-order chi connectivity index (χ0) is 14.9. The highest BCUT2D eigenvalue weighted by Crippen LogP contribution is 2.35. The van der Waals surface area contributed by atoms with E-state index in [4.69, 9.17) is 9.47 Å². The third-order valence-electron chi connectivity index (χ3n) is 4.45. The molecule has 2 aliphatic rings. The van der Waals surface area contributed by atoms with Gasteiger partial charge in [-0.3, -0.25) is 4.79 Å². The Morgan fingerprint density at radius 1 is 1.29 bits per heavy atom. The van der Waals surface area contributed by atoms with E-state index in [-0.39, 0.29) is 17.7 Å². The normalized spacial score (nSPS) is 21.6. The minimum absolute atomic E-state index is 0.127. The van der Waals surface area contributed by atoms with Crippen LogP contribution in [0, 0.1) is 6.92 Å². The van der Waals surface area contributed by atoms with Crippen LogP contribution in [0.5, 0.6) is 5.75 Å². The van der Waals surface area contributed by atoms with E-state index in [0.29, 0.717) is 24.3 Å². The molecule has 1 aliphatic carbocycles. The molecule has 2 N–H and O–H groups in total. The quantitative estimate of drug-likeness (QED) is 0.876. The van der Waals surface area contributed by atoms with Crippen molar-refractivity contribution in [1.82, 2.24) is 5.32 Å². The first-order chi connectivity index (χ1) is 10.1. The van der Waals surface area contributed by atoms with Crippen molar-refractivity contribution in [2.75, 3.05) is 13.2 Å². The van der Waals surface area contributed by atoms with Crippen molar-refractivity contribution in [2.24, 2.45) is 0 Å². The van der Waals surface area contributed by atoms with Gasteiger partial charge in [-0.1, -0.05) is 6.07 Å². The van der Waals surface area contributed by atoms with E-state index in [1.165, 1.54) is 0 Å². The van der Waals surface area contributed by atoms with Gasteiger partial charge in [-0.15, -0.1) is 0 Å².